The molecule has 0 fully saturated rings. The highest BCUT2D eigenvalue weighted by Gasteiger charge is 2.23. The number of non-ortho nitro benzene ring substituents is 1. The summed E-state index contributed by atoms with van der Waals surface area (Å²) < 4.78 is 4.80. The number of hydrogen-bond donors (Lipinski definition) is 0. The number of methoxy groups -OCH3 is 1. The maximum Gasteiger partial charge on any atom is 0.271 e. The lowest BCUT2D eigenvalue weighted by molar-refractivity contribution is -0.384. The summed E-state index contributed by atoms with van der Waals surface area (Å²) in [4.78, 5) is 32.0. The van der Waals surface area contributed by atoms with Gasteiger partial charge in [-0.25, -0.2) is 0 Å². The second kappa shape index (κ2) is 5.11. The number of ether oxygens (including phenoxy) is 1. The summed E-state index contributed by atoms with van der Waals surface area (Å²) in [6.45, 7) is 0. The largest absolute Gasteiger partial charge is 0.495 e. The maximum atomic E-state index is 11.1. The van der Waals surface area contributed by atoms with Crippen LogP contribution in [0.4, 0.5) is 5.69 Å². The van der Waals surface area contributed by atoms with Crippen molar-refractivity contribution in [3.63, 3.8) is 0 Å². The van der Waals surface area contributed by atoms with Gasteiger partial charge < -0.3 is 4.74 Å². The number of carbonyl (C=O) groups is 2. The third-order valence-electron chi connectivity index (χ3n) is 1.91. The van der Waals surface area contributed by atoms with Crippen molar-refractivity contribution >= 4 is 39.4 Å². The molecule has 17 heavy (non-hydrogen) atoms. The van der Waals surface area contributed by atoms with Gasteiger partial charge in [-0.1, -0.05) is 0 Å². The molecule has 0 aromatic heterocycles. The van der Waals surface area contributed by atoms with E-state index < -0.39 is 21.1 Å². The molecule has 1 aromatic rings. The molecule has 1 aromatic carbocycles. The minimum absolute atomic E-state index is 0.185. The van der Waals surface area contributed by atoms with E-state index in [0.29, 0.717) is 0 Å². The van der Waals surface area contributed by atoms with Crippen LogP contribution in [-0.4, -0.2) is 22.5 Å². The Hall–Kier alpha value is -1.66. The Bertz CT molecular complexity index is 479. The molecule has 0 saturated heterocycles. The molecule has 0 aliphatic carbocycles. The van der Waals surface area contributed by atoms with E-state index in [1.54, 1.807) is 0 Å². The molecule has 0 unspecified atom stereocenters. The minimum Gasteiger partial charge on any atom is -0.495 e. The highest BCUT2D eigenvalue weighted by atomic mass is 35.5. The zero-order valence-electron chi connectivity index (χ0n) is 8.40. The van der Waals surface area contributed by atoms with Crippen molar-refractivity contribution < 1.29 is 19.2 Å². The Balaban J connectivity index is 3.63. The molecule has 0 radical (unpaired) electrons. The first-order chi connectivity index (χ1) is 7.88. The number of rotatable bonds is 4. The number of benzene rings is 1. The molecule has 0 aliphatic heterocycles. The molecule has 6 nitrogen and oxygen atoms in total. The number of nitrogens with zero attached hydrogens (tertiary/aromatic N) is 1. The van der Waals surface area contributed by atoms with Crippen LogP contribution in [0.2, 0.25) is 0 Å². The van der Waals surface area contributed by atoms with Gasteiger partial charge in [0.05, 0.1) is 23.2 Å². The van der Waals surface area contributed by atoms with Gasteiger partial charge in [0, 0.05) is 12.1 Å². The number of carbonyl (C=O) groups excluding carboxylic acids is 2. The van der Waals surface area contributed by atoms with Crippen molar-refractivity contribution in [3.8, 4) is 5.75 Å². The Morgan fingerprint density at radius 2 is 1.65 bits per heavy atom. The Morgan fingerprint density at radius 1 is 1.24 bits per heavy atom. The van der Waals surface area contributed by atoms with Crippen molar-refractivity contribution in [2.24, 2.45) is 0 Å². The van der Waals surface area contributed by atoms with E-state index in [2.05, 4.69) is 0 Å². The fourth-order valence-corrected chi connectivity index (χ4v) is 1.51. The highest BCUT2D eigenvalue weighted by molar-refractivity contribution is 6.69. The van der Waals surface area contributed by atoms with Crippen LogP contribution in [0.5, 0.6) is 5.75 Å². The van der Waals surface area contributed by atoms with E-state index >= 15 is 0 Å². The van der Waals surface area contributed by atoms with Crippen molar-refractivity contribution in [3.05, 3.63) is 33.4 Å². The average Bonchev–Trinajstić information content (AvgIpc) is 2.26. The van der Waals surface area contributed by atoms with Crippen molar-refractivity contribution in [2.45, 2.75) is 0 Å². The topological polar surface area (TPSA) is 86.5 Å². The highest BCUT2D eigenvalue weighted by Crippen LogP contribution is 2.31. The lowest BCUT2D eigenvalue weighted by Crippen LogP contribution is -2.04. The van der Waals surface area contributed by atoms with Gasteiger partial charge in [0.1, 0.15) is 5.75 Å². The molecule has 0 heterocycles. The Kier molecular flexibility index (Phi) is 4.03. The molecule has 1 rings (SSSR count). The molecule has 0 bridgehead atoms. The second-order valence-corrected chi connectivity index (χ2v) is 3.57. The Labute approximate surface area is 105 Å². The van der Waals surface area contributed by atoms with Crippen molar-refractivity contribution in [1.29, 1.82) is 0 Å². The van der Waals surface area contributed by atoms with E-state index in [1.165, 1.54) is 7.11 Å². The molecule has 0 N–H and O–H groups in total. The Morgan fingerprint density at radius 3 is 1.88 bits per heavy atom. The molecule has 8 heteroatoms. The van der Waals surface area contributed by atoms with Crippen LogP contribution < -0.4 is 4.74 Å². The maximum absolute atomic E-state index is 11.1. The molecule has 0 spiro atoms. The van der Waals surface area contributed by atoms with E-state index in [1.807, 2.05) is 0 Å². The monoisotopic (exact) mass is 277 g/mol. The molecular formula is C9H5Cl2NO5. The lowest BCUT2D eigenvalue weighted by atomic mass is 10.1. The summed E-state index contributed by atoms with van der Waals surface area (Å²) in [6.07, 6.45) is 0. The van der Waals surface area contributed by atoms with Crippen LogP contribution >= 0.6 is 23.2 Å². The summed E-state index contributed by atoms with van der Waals surface area (Å²) in [7, 11) is 1.19. The average molecular weight is 278 g/mol. The standard InChI is InChI=1S/C9H5Cl2NO5/c1-17-7-5(8(10)13)2-4(12(15)16)3-6(7)9(11)14/h2-3H,1H3. The normalized spacial score (nSPS) is 9.82. The SMILES string of the molecule is COc1c(C(=O)Cl)cc([N+](=O)[O-])cc1C(=O)Cl. The van der Waals surface area contributed by atoms with Gasteiger partial charge in [0.2, 0.25) is 0 Å². The van der Waals surface area contributed by atoms with E-state index in [0.717, 1.165) is 12.1 Å². The predicted octanol–water partition coefficient (Wildman–Crippen LogP) is 2.36. The van der Waals surface area contributed by atoms with Crippen LogP contribution in [0.15, 0.2) is 12.1 Å². The van der Waals surface area contributed by atoms with Crippen LogP contribution in [-0.2, 0) is 0 Å². The number of halogens is 2. The fraction of sp³-hybridized carbons (Fsp3) is 0.111. The summed E-state index contributed by atoms with van der Waals surface area (Å²) in [6, 6.07) is 1.83. The third kappa shape index (κ3) is 2.72. The number of nitro benzene ring substituents is 1. The van der Waals surface area contributed by atoms with E-state index in [-0.39, 0.29) is 16.9 Å². The van der Waals surface area contributed by atoms with Gasteiger partial charge in [-0.15, -0.1) is 0 Å². The second-order valence-electron chi connectivity index (χ2n) is 2.88. The predicted molar refractivity (Wildman–Crippen MR) is 60.0 cm³/mol. The van der Waals surface area contributed by atoms with Crippen LogP contribution in [0.25, 0.3) is 0 Å². The van der Waals surface area contributed by atoms with E-state index in [4.69, 9.17) is 27.9 Å². The third-order valence-corrected chi connectivity index (χ3v) is 2.32. The molecule has 0 saturated carbocycles. The summed E-state index contributed by atoms with van der Waals surface area (Å²) >= 11 is 10.5. The van der Waals surface area contributed by atoms with Crippen LogP contribution in [0, 0.1) is 10.1 Å². The van der Waals surface area contributed by atoms with Gasteiger partial charge in [0.15, 0.2) is 0 Å². The van der Waals surface area contributed by atoms with Gasteiger partial charge in [-0.2, -0.15) is 0 Å². The first-order valence-corrected chi connectivity index (χ1v) is 4.90. The lowest BCUT2D eigenvalue weighted by Gasteiger charge is -2.08. The van der Waals surface area contributed by atoms with Gasteiger partial charge in [0.25, 0.3) is 16.2 Å². The molecule has 0 amide bonds. The molecule has 90 valence electrons. The number of hydrogen-bond acceptors (Lipinski definition) is 5. The summed E-state index contributed by atoms with van der Waals surface area (Å²) in [5.41, 5.74) is -1.04. The first-order valence-electron chi connectivity index (χ1n) is 4.14. The number of nitro groups is 1. The summed E-state index contributed by atoms with van der Waals surface area (Å²) in [5.74, 6) is -0.185. The zero-order chi connectivity index (χ0) is 13.2. The summed E-state index contributed by atoms with van der Waals surface area (Å²) in [5, 5.41) is 8.64. The molecule has 0 aliphatic rings. The van der Waals surface area contributed by atoms with Gasteiger partial charge in [-0.05, 0) is 23.2 Å². The van der Waals surface area contributed by atoms with Crippen molar-refractivity contribution in [1.82, 2.24) is 0 Å². The minimum atomic E-state index is -0.982. The molecular weight excluding hydrogens is 273 g/mol. The van der Waals surface area contributed by atoms with E-state index in [9.17, 15) is 19.7 Å². The zero-order valence-corrected chi connectivity index (χ0v) is 9.91. The van der Waals surface area contributed by atoms with Crippen molar-refractivity contribution in [2.75, 3.05) is 7.11 Å². The quantitative estimate of drug-likeness (QED) is 0.479. The smallest absolute Gasteiger partial charge is 0.271 e. The van der Waals surface area contributed by atoms with Gasteiger partial charge >= 0.3 is 0 Å². The first kappa shape index (κ1) is 13.4. The molecule has 0 atom stereocenters. The van der Waals surface area contributed by atoms with Gasteiger partial charge in [-0.3, -0.25) is 19.7 Å². The fourth-order valence-electron chi connectivity index (χ4n) is 1.23. The van der Waals surface area contributed by atoms with Crippen LogP contribution in [0.1, 0.15) is 20.7 Å². The van der Waals surface area contributed by atoms with Crippen LogP contribution in [0.3, 0.4) is 0 Å².